The van der Waals surface area contributed by atoms with Crippen molar-refractivity contribution in [2.24, 2.45) is 0 Å². The average Bonchev–Trinajstić information content (AvgIpc) is 2.90. The van der Waals surface area contributed by atoms with Crippen molar-refractivity contribution >= 4 is 12.1 Å². The molecule has 1 heterocycles. The highest BCUT2D eigenvalue weighted by molar-refractivity contribution is 5.84. The Hall–Kier alpha value is -2.30. The molecule has 2 rings (SSSR count). The molecule has 5 heteroatoms. The van der Waals surface area contributed by atoms with E-state index in [0.29, 0.717) is 12.8 Å². The molecule has 1 aromatic rings. The first-order chi connectivity index (χ1) is 11.7. The molecule has 1 saturated heterocycles. The number of nitrogens with zero attached hydrogens (tertiary/aromatic N) is 1. The van der Waals surface area contributed by atoms with E-state index in [0.717, 1.165) is 24.8 Å². The minimum Gasteiger partial charge on any atom is -0.444 e. The number of amides is 1. The molecule has 1 aliphatic rings. The fourth-order valence-electron chi connectivity index (χ4n) is 2.76. The summed E-state index contributed by atoms with van der Waals surface area (Å²) in [7, 11) is 0. The van der Waals surface area contributed by atoms with E-state index in [2.05, 4.69) is 13.5 Å². The van der Waals surface area contributed by atoms with Gasteiger partial charge >= 0.3 is 12.1 Å². The molecule has 0 bridgehead atoms. The SMILES string of the molecule is C=CC[C@@H]1C(=O)O[C@H](CCCCC)N1C(=O)OCc1ccccc1. The van der Waals surface area contributed by atoms with Gasteiger partial charge in [-0.15, -0.1) is 6.58 Å². The summed E-state index contributed by atoms with van der Waals surface area (Å²) in [4.78, 5) is 26.0. The number of unbranched alkanes of at least 4 members (excludes halogenated alkanes) is 2. The molecule has 0 unspecified atom stereocenters. The molecule has 0 aromatic heterocycles. The lowest BCUT2D eigenvalue weighted by Crippen LogP contribution is -2.42. The predicted octanol–water partition coefficient (Wildman–Crippen LogP) is 4.03. The highest BCUT2D eigenvalue weighted by Gasteiger charge is 2.44. The maximum Gasteiger partial charge on any atom is 0.413 e. The van der Waals surface area contributed by atoms with Gasteiger partial charge in [0.05, 0.1) is 0 Å². The lowest BCUT2D eigenvalue weighted by atomic mass is 10.1. The Morgan fingerprint density at radius 2 is 2.08 bits per heavy atom. The van der Waals surface area contributed by atoms with Crippen molar-refractivity contribution < 1.29 is 19.1 Å². The van der Waals surface area contributed by atoms with Gasteiger partial charge in [0.15, 0.2) is 6.23 Å². The first kappa shape index (κ1) is 18.0. The van der Waals surface area contributed by atoms with Crippen LogP contribution in [0.2, 0.25) is 0 Å². The maximum atomic E-state index is 12.5. The Morgan fingerprint density at radius 3 is 2.75 bits per heavy atom. The number of carbonyl (C=O) groups is 2. The van der Waals surface area contributed by atoms with Crippen molar-refractivity contribution in [1.82, 2.24) is 4.90 Å². The number of esters is 1. The largest absolute Gasteiger partial charge is 0.444 e. The van der Waals surface area contributed by atoms with Crippen LogP contribution in [-0.4, -0.2) is 29.2 Å². The van der Waals surface area contributed by atoms with Crippen LogP contribution in [0.15, 0.2) is 43.0 Å². The van der Waals surface area contributed by atoms with Crippen LogP contribution in [-0.2, 0) is 20.9 Å². The summed E-state index contributed by atoms with van der Waals surface area (Å²) in [5.41, 5.74) is 0.903. The lowest BCUT2D eigenvalue weighted by Gasteiger charge is -2.25. The van der Waals surface area contributed by atoms with Crippen LogP contribution in [0.5, 0.6) is 0 Å². The highest BCUT2D eigenvalue weighted by atomic mass is 16.6. The number of carbonyl (C=O) groups excluding carboxylic acids is 2. The minimum absolute atomic E-state index is 0.173. The van der Waals surface area contributed by atoms with Crippen LogP contribution in [0.1, 0.15) is 44.6 Å². The van der Waals surface area contributed by atoms with Gasteiger partial charge in [0.2, 0.25) is 0 Å². The molecule has 24 heavy (non-hydrogen) atoms. The number of rotatable bonds is 8. The van der Waals surface area contributed by atoms with Crippen molar-refractivity contribution in [3.8, 4) is 0 Å². The molecule has 1 aromatic carbocycles. The fourth-order valence-corrected chi connectivity index (χ4v) is 2.76. The molecule has 0 N–H and O–H groups in total. The summed E-state index contributed by atoms with van der Waals surface area (Å²) in [5, 5.41) is 0. The van der Waals surface area contributed by atoms with Gasteiger partial charge in [0.1, 0.15) is 12.6 Å². The van der Waals surface area contributed by atoms with E-state index in [4.69, 9.17) is 9.47 Å². The number of hydrogen-bond acceptors (Lipinski definition) is 4. The molecule has 0 radical (unpaired) electrons. The summed E-state index contributed by atoms with van der Waals surface area (Å²) >= 11 is 0. The zero-order valence-corrected chi connectivity index (χ0v) is 14.1. The Labute approximate surface area is 143 Å². The van der Waals surface area contributed by atoms with Crippen LogP contribution in [0, 0.1) is 0 Å². The third-order valence-corrected chi connectivity index (χ3v) is 4.03. The Bertz CT molecular complexity index is 558. The summed E-state index contributed by atoms with van der Waals surface area (Å²) < 4.78 is 10.8. The molecule has 130 valence electrons. The normalized spacial score (nSPS) is 19.9. The van der Waals surface area contributed by atoms with Crippen LogP contribution in [0.4, 0.5) is 4.79 Å². The van der Waals surface area contributed by atoms with Gasteiger partial charge in [-0.3, -0.25) is 4.90 Å². The van der Waals surface area contributed by atoms with Crippen molar-refractivity contribution in [2.75, 3.05) is 0 Å². The number of benzene rings is 1. The number of ether oxygens (including phenoxy) is 2. The van der Waals surface area contributed by atoms with Gasteiger partial charge in [-0.2, -0.15) is 0 Å². The monoisotopic (exact) mass is 331 g/mol. The first-order valence-corrected chi connectivity index (χ1v) is 8.47. The van der Waals surface area contributed by atoms with E-state index in [9.17, 15) is 9.59 Å². The number of hydrogen-bond donors (Lipinski definition) is 0. The Balaban J connectivity index is 2.02. The van der Waals surface area contributed by atoms with Crippen LogP contribution < -0.4 is 0 Å². The van der Waals surface area contributed by atoms with Gasteiger partial charge in [0, 0.05) is 6.42 Å². The van der Waals surface area contributed by atoms with Crippen molar-refractivity contribution in [3.05, 3.63) is 48.6 Å². The molecule has 5 nitrogen and oxygen atoms in total. The van der Waals surface area contributed by atoms with Crippen molar-refractivity contribution in [1.29, 1.82) is 0 Å². The van der Waals surface area contributed by atoms with E-state index in [-0.39, 0.29) is 12.6 Å². The van der Waals surface area contributed by atoms with Crippen LogP contribution in [0.25, 0.3) is 0 Å². The van der Waals surface area contributed by atoms with Gasteiger partial charge in [-0.25, -0.2) is 9.59 Å². The predicted molar refractivity (Wildman–Crippen MR) is 91.1 cm³/mol. The van der Waals surface area contributed by atoms with Gasteiger partial charge < -0.3 is 9.47 Å². The minimum atomic E-state index is -0.641. The average molecular weight is 331 g/mol. The highest BCUT2D eigenvalue weighted by Crippen LogP contribution is 2.26. The molecular weight excluding hydrogens is 306 g/mol. The zero-order valence-electron chi connectivity index (χ0n) is 14.1. The first-order valence-electron chi connectivity index (χ1n) is 8.47. The summed E-state index contributed by atoms with van der Waals surface area (Å²) in [6, 6.07) is 8.82. The van der Waals surface area contributed by atoms with Gasteiger partial charge in [0.25, 0.3) is 0 Å². The summed E-state index contributed by atoms with van der Waals surface area (Å²) in [6.07, 6.45) is 4.56. The Kier molecular flexibility index (Phi) is 6.85. The van der Waals surface area contributed by atoms with E-state index < -0.39 is 18.4 Å². The number of cyclic esters (lactones) is 1. The second-order valence-corrected chi connectivity index (χ2v) is 5.87. The Morgan fingerprint density at radius 1 is 1.33 bits per heavy atom. The van der Waals surface area contributed by atoms with Crippen molar-refractivity contribution in [2.45, 2.75) is 57.9 Å². The molecular formula is C19H25NO4. The lowest BCUT2D eigenvalue weighted by molar-refractivity contribution is -0.142. The molecule has 1 amide bonds. The van der Waals surface area contributed by atoms with Gasteiger partial charge in [-0.05, 0) is 18.4 Å². The second kappa shape index (κ2) is 9.11. The quantitative estimate of drug-likeness (QED) is 0.410. The molecule has 1 fully saturated rings. The van der Waals surface area contributed by atoms with Gasteiger partial charge in [-0.1, -0.05) is 56.2 Å². The maximum absolute atomic E-state index is 12.5. The third-order valence-electron chi connectivity index (χ3n) is 4.03. The molecule has 0 saturated carbocycles. The summed E-state index contributed by atoms with van der Waals surface area (Å²) in [6.45, 7) is 5.94. The molecule has 1 aliphatic heterocycles. The smallest absolute Gasteiger partial charge is 0.413 e. The fraction of sp³-hybridized carbons (Fsp3) is 0.474. The third kappa shape index (κ3) is 4.60. The van der Waals surface area contributed by atoms with Crippen LogP contribution >= 0.6 is 0 Å². The van der Waals surface area contributed by atoms with Crippen molar-refractivity contribution in [3.63, 3.8) is 0 Å². The molecule has 0 spiro atoms. The van der Waals surface area contributed by atoms with Crippen LogP contribution in [0.3, 0.4) is 0 Å². The van der Waals surface area contributed by atoms with E-state index >= 15 is 0 Å². The molecule has 2 atom stereocenters. The summed E-state index contributed by atoms with van der Waals surface area (Å²) in [5.74, 6) is -0.381. The topological polar surface area (TPSA) is 55.8 Å². The van der Waals surface area contributed by atoms with E-state index in [1.54, 1.807) is 6.08 Å². The standard InChI is InChI=1S/C19H25NO4/c1-3-5-7-13-17-20(16(10-4-2)18(21)24-17)19(22)23-14-15-11-8-6-9-12-15/h4,6,8-9,11-12,16-17H,2-3,5,7,10,13-14H2,1H3/t16-,17-/m1/s1. The van der Waals surface area contributed by atoms with E-state index in [1.165, 1.54) is 4.90 Å². The second-order valence-electron chi connectivity index (χ2n) is 5.87. The molecule has 0 aliphatic carbocycles. The zero-order chi connectivity index (χ0) is 17.4. The van der Waals surface area contributed by atoms with E-state index in [1.807, 2.05) is 30.3 Å².